The number of rotatable bonds is 4. The molecule has 1 aromatic carbocycles. The average molecular weight is 367 g/mol. The van der Waals surface area contributed by atoms with Crippen LogP contribution >= 0.6 is 11.3 Å². The van der Waals surface area contributed by atoms with Crippen LogP contribution in [-0.4, -0.2) is 33.5 Å². The maximum Gasteiger partial charge on any atom is 0.288 e. The summed E-state index contributed by atoms with van der Waals surface area (Å²) < 4.78 is 7.17. The first-order valence-corrected chi connectivity index (χ1v) is 9.00. The summed E-state index contributed by atoms with van der Waals surface area (Å²) in [5.41, 5.74) is 8.11. The second-order valence-electron chi connectivity index (χ2n) is 5.79. The van der Waals surface area contributed by atoms with Gasteiger partial charge in [0.25, 0.3) is 5.91 Å². The molecule has 0 fully saturated rings. The van der Waals surface area contributed by atoms with Crippen LogP contribution in [-0.2, 0) is 11.2 Å². The standard InChI is InChI=1S/C18H17N5O2S/c1-3-11-9-12-13(10-7-5-4-6-8-10)20-17(25-2)16-21-15(14(19)24)22-23(16)18(12)26-11/h4-9,17H,3H2,1-2H3,(H2,19,24). The Morgan fingerprint density at radius 3 is 2.77 bits per heavy atom. The molecule has 3 heterocycles. The minimum atomic E-state index is -0.685. The van der Waals surface area contributed by atoms with Crippen molar-refractivity contribution < 1.29 is 9.53 Å². The highest BCUT2D eigenvalue weighted by Gasteiger charge is 2.30. The summed E-state index contributed by atoms with van der Waals surface area (Å²) in [6, 6.07) is 12.0. The topological polar surface area (TPSA) is 95.4 Å². The van der Waals surface area contributed by atoms with E-state index >= 15 is 0 Å². The predicted octanol–water partition coefficient (Wildman–Crippen LogP) is 2.49. The number of benzene rings is 1. The Morgan fingerprint density at radius 2 is 2.12 bits per heavy atom. The van der Waals surface area contributed by atoms with Crippen molar-refractivity contribution in [1.29, 1.82) is 0 Å². The van der Waals surface area contributed by atoms with Gasteiger partial charge in [-0.05, 0) is 12.5 Å². The third kappa shape index (κ3) is 2.63. The smallest absolute Gasteiger partial charge is 0.288 e. The Kier molecular flexibility index (Phi) is 4.14. The molecule has 7 nitrogen and oxygen atoms in total. The third-order valence-electron chi connectivity index (χ3n) is 4.15. The molecule has 1 aliphatic heterocycles. The molecule has 0 saturated heterocycles. The molecule has 0 saturated carbocycles. The Balaban J connectivity index is 2.00. The van der Waals surface area contributed by atoms with Gasteiger partial charge in [-0.2, -0.15) is 0 Å². The number of hydrogen-bond acceptors (Lipinski definition) is 6. The third-order valence-corrected chi connectivity index (χ3v) is 5.40. The monoisotopic (exact) mass is 367 g/mol. The zero-order chi connectivity index (χ0) is 18.3. The number of thiophene rings is 1. The fourth-order valence-corrected chi connectivity index (χ4v) is 3.95. The lowest BCUT2D eigenvalue weighted by atomic mass is 10.0. The number of aromatic nitrogens is 3. The molecule has 0 radical (unpaired) electrons. The van der Waals surface area contributed by atoms with Crippen LogP contribution in [0, 0.1) is 0 Å². The first-order valence-electron chi connectivity index (χ1n) is 8.18. The number of methoxy groups -OCH3 is 1. The molecule has 8 heteroatoms. The van der Waals surface area contributed by atoms with Crippen molar-refractivity contribution in [1.82, 2.24) is 14.8 Å². The largest absolute Gasteiger partial charge is 0.363 e. The maximum atomic E-state index is 11.6. The van der Waals surface area contributed by atoms with Crippen LogP contribution in [0.25, 0.3) is 5.00 Å². The number of primary amides is 1. The van der Waals surface area contributed by atoms with Crippen LogP contribution in [0.1, 0.15) is 45.6 Å². The number of hydrogen-bond donors (Lipinski definition) is 1. The number of aliphatic imine (C=N–C) groups is 1. The first kappa shape index (κ1) is 16.6. The molecule has 0 spiro atoms. The van der Waals surface area contributed by atoms with Crippen molar-refractivity contribution >= 4 is 23.0 Å². The molecule has 132 valence electrons. The van der Waals surface area contributed by atoms with Crippen molar-refractivity contribution in [3.8, 4) is 5.00 Å². The number of fused-ring (bicyclic) bond motifs is 3. The second-order valence-corrected chi connectivity index (χ2v) is 6.90. The maximum absolute atomic E-state index is 11.6. The summed E-state index contributed by atoms with van der Waals surface area (Å²) in [6.07, 6.45) is 0.204. The van der Waals surface area contributed by atoms with Crippen LogP contribution < -0.4 is 5.73 Å². The minimum Gasteiger partial charge on any atom is -0.363 e. The molecule has 1 aliphatic rings. The minimum absolute atomic E-state index is 0.0437. The molecule has 3 aromatic rings. The molecule has 4 rings (SSSR count). The van der Waals surface area contributed by atoms with E-state index in [-0.39, 0.29) is 5.82 Å². The number of amides is 1. The van der Waals surface area contributed by atoms with Crippen LogP contribution in [0.5, 0.6) is 0 Å². The molecule has 2 aromatic heterocycles. The predicted molar refractivity (Wildman–Crippen MR) is 99.0 cm³/mol. The molecular formula is C18H17N5O2S. The van der Waals surface area contributed by atoms with E-state index in [2.05, 4.69) is 23.1 Å². The summed E-state index contributed by atoms with van der Waals surface area (Å²) in [7, 11) is 1.55. The van der Waals surface area contributed by atoms with Crippen LogP contribution in [0.2, 0.25) is 0 Å². The lowest BCUT2D eigenvalue weighted by Crippen LogP contribution is -2.14. The van der Waals surface area contributed by atoms with Gasteiger partial charge < -0.3 is 10.5 Å². The average Bonchev–Trinajstić information content (AvgIpc) is 3.25. The van der Waals surface area contributed by atoms with Gasteiger partial charge in [-0.1, -0.05) is 37.3 Å². The fraction of sp³-hybridized carbons (Fsp3) is 0.222. The number of ether oxygens (including phenoxy) is 1. The molecule has 2 N–H and O–H groups in total. The van der Waals surface area contributed by atoms with Gasteiger partial charge in [0.15, 0.2) is 5.82 Å². The van der Waals surface area contributed by atoms with E-state index in [0.29, 0.717) is 5.82 Å². The summed E-state index contributed by atoms with van der Waals surface area (Å²) >= 11 is 1.60. The molecule has 1 unspecified atom stereocenters. The Bertz CT molecular complexity index is 1010. The number of nitrogens with zero attached hydrogens (tertiary/aromatic N) is 4. The van der Waals surface area contributed by atoms with E-state index in [4.69, 9.17) is 15.5 Å². The highest BCUT2D eigenvalue weighted by atomic mass is 32.1. The van der Waals surface area contributed by atoms with Crippen molar-refractivity contribution in [2.75, 3.05) is 7.11 Å². The van der Waals surface area contributed by atoms with Crippen LogP contribution in [0.3, 0.4) is 0 Å². The van der Waals surface area contributed by atoms with E-state index in [1.54, 1.807) is 23.1 Å². The molecule has 0 aliphatic carbocycles. The number of aryl methyl sites for hydroxylation is 1. The van der Waals surface area contributed by atoms with E-state index in [9.17, 15) is 4.79 Å². The van der Waals surface area contributed by atoms with Crippen LogP contribution in [0.4, 0.5) is 0 Å². The van der Waals surface area contributed by atoms with Crippen molar-refractivity contribution in [2.24, 2.45) is 10.7 Å². The van der Waals surface area contributed by atoms with E-state index < -0.39 is 12.1 Å². The zero-order valence-corrected chi connectivity index (χ0v) is 15.2. The SMILES string of the molecule is CCc1cc2c(s1)-n1nc(C(N)=O)nc1C(OC)N=C2c1ccccc1. The van der Waals surface area contributed by atoms with Crippen molar-refractivity contribution in [3.05, 3.63) is 64.1 Å². The lowest BCUT2D eigenvalue weighted by Gasteiger charge is -2.09. The first-order chi connectivity index (χ1) is 12.6. The fourth-order valence-electron chi connectivity index (χ4n) is 2.90. The molecule has 0 bridgehead atoms. The second kappa shape index (κ2) is 6.47. The normalized spacial score (nSPS) is 15.8. The van der Waals surface area contributed by atoms with Gasteiger partial charge in [0.1, 0.15) is 5.00 Å². The quantitative estimate of drug-likeness (QED) is 0.766. The van der Waals surface area contributed by atoms with Gasteiger partial charge >= 0.3 is 0 Å². The van der Waals surface area contributed by atoms with E-state index in [1.165, 1.54) is 4.88 Å². The summed E-state index contributed by atoms with van der Waals surface area (Å²) in [5.74, 6) is -0.280. The Labute approximate surface area is 154 Å². The van der Waals surface area contributed by atoms with Gasteiger partial charge in [0.2, 0.25) is 12.1 Å². The van der Waals surface area contributed by atoms with Gasteiger partial charge in [0, 0.05) is 23.1 Å². The number of carbonyl (C=O) groups excluding carboxylic acids is 1. The molecule has 1 amide bonds. The Morgan fingerprint density at radius 1 is 1.35 bits per heavy atom. The van der Waals surface area contributed by atoms with Gasteiger partial charge in [0.05, 0.1) is 5.71 Å². The van der Waals surface area contributed by atoms with Gasteiger partial charge in [-0.3, -0.25) is 4.79 Å². The zero-order valence-electron chi connectivity index (χ0n) is 14.3. The lowest BCUT2D eigenvalue weighted by molar-refractivity contribution is 0.0985. The summed E-state index contributed by atoms with van der Waals surface area (Å²) in [5, 5.41) is 5.17. The van der Waals surface area contributed by atoms with E-state index in [1.807, 2.05) is 30.3 Å². The Hall–Kier alpha value is -2.84. The number of nitrogens with two attached hydrogens (primary N) is 1. The highest BCUT2D eigenvalue weighted by Crippen LogP contribution is 2.35. The number of carbonyl (C=O) groups is 1. The molecule has 26 heavy (non-hydrogen) atoms. The van der Waals surface area contributed by atoms with E-state index in [0.717, 1.165) is 28.3 Å². The van der Waals surface area contributed by atoms with Gasteiger partial charge in [-0.15, -0.1) is 16.4 Å². The van der Waals surface area contributed by atoms with Crippen molar-refractivity contribution in [2.45, 2.75) is 19.6 Å². The molecule has 1 atom stereocenters. The molecular weight excluding hydrogens is 350 g/mol. The summed E-state index contributed by atoms with van der Waals surface area (Å²) in [6.45, 7) is 2.10. The summed E-state index contributed by atoms with van der Waals surface area (Å²) in [4.78, 5) is 21.8. The van der Waals surface area contributed by atoms with Gasteiger partial charge in [-0.25, -0.2) is 14.7 Å². The van der Waals surface area contributed by atoms with Crippen molar-refractivity contribution in [3.63, 3.8) is 0 Å². The van der Waals surface area contributed by atoms with Crippen LogP contribution in [0.15, 0.2) is 41.4 Å². The highest BCUT2D eigenvalue weighted by molar-refractivity contribution is 7.15.